The number of thioether (sulfide) groups is 1. The topological polar surface area (TPSA) is 122 Å². The minimum absolute atomic E-state index is 0.0536. The summed E-state index contributed by atoms with van der Waals surface area (Å²) in [6.07, 6.45) is 0. The summed E-state index contributed by atoms with van der Waals surface area (Å²) in [5, 5.41) is 15.8. The fourth-order valence-electron chi connectivity index (χ4n) is 3.96. The number of nitrogens with one attached hydrogen (secondary N) is 2. The van der Waals surface area contributed by atoms with Gasteiger partial charge in [0.2, 0.25) is 5.91 Å². The molecule has 0 radical (unpaired) electrons. The van der Waals surface area contributed by atoms with E-state index in [2.05, 4.69) is 10.6 Å². The number of carbonyl (C=O) groups excluding carboxylic acids is 3. The van der Waals surface area contributed by atoms with Gasteiger partial charge in [-0.25, -0.2) is 9.59 Å². The number of carboxylic acids is 1. The Morgan fingerprint density at radius 2 is 1.51 bits per heavy atom. The number of hydrogen-bond acceptors (Lipinski definition) is 6. The molecule has 8 nitrogen and oxygen atoms in total. The van der Waals surface area contributed by atoms with Crippen molar-refractivity contribution in [2.45, 2.75) is 24.0 Å². The second kappa shape index (κ2) is 12.3. The van der Waals surface area contributed by atoms with Gasteiger partial charge in [-0.15, -0.1) is 11.8 Å². The van der Waals surface area contributed by atoms with Crippen molar-refractivity contribution >= 4 is 57.7 Å². The van der Waals surface area contributed by atoms with E-state index in [1.54, 1.807) is 86.6 Å². The molecule has 0 saturated carbocycles. The molecule has 0 bridgehead atoms. The van der Waals surface area contributed by atoms with Crippen molar-refractivity contribution < 1.29 is 29.0 Å². The third-order valence-corrected chi connectivity index (χ3v) is 6.91. The Morgan fingerprint density at radius 1 is 0.846 bits per heavy atom. The Labute approximate surface area is 229 Å². The van der Waals surface area contributed by atoms with Gasteiger partial charge in [-0.1, -0.05) is 30.3 Å². The van der Waals surface area contributed by atoms with Crippen LogP contribution in [0, 0.1) is 0 Å². The highest BCUT2D eigenvalue weighted by Crippen LogP contribution is 2.28. The molecule has 1 atom stereocenters. The molecular formula is C30H26N2O6S. The van der Waals surface area contributed by atoms with E-state index >= 15 is 0 Å². The lowest BCUT2D eigenvalue weighted by atomic mass is 9.98. The molecule has 3 N–H and O–H groups in total. The first-order chi connectivity index (χ1) is 18.8. The second-order valence-electron chi connectivity index (χ2n) is 8.54. The maximum absolute atomic E-state index is 13.1. The molecule has 0 aromatic heterocycles. The summed E-state index contributed by atoms with van der Waals surface area (Å²) in [6, 6.07) is 23.5. The fraction of sp³-hybridized carbons (Fsp3) is 0.133. The number of anilines is 2. The highest BCUT2D eigenvalue weighted by atomic mass is 32.2. The molecular weight excluding hydrogens is 516 g/mol. The molecule has 198 valence electrons. The summed E-state index contributed by atoms with van der Waals surface area (Å²) < 4.78 is 4.97. The number of carbonyl (C=O) groups is 4. The average molecular weight is 543 g/mol. The predicted octanol–water partition coefficient (Wildman–Crippen LogP) is 6.09. The first-order valence-corrected chi connectivity index (χ1v) is 13.1. The summed E-state index contributed by atoms with van der Waals surface area (Å²) in [5.74, 6) is -2.20. The first kappa shape index (κ1) is 27.4. The number of rotatable bonds is 9. The van der Waals surface area contributed by atoms with Crippen LogP contribution in [0.25, 0.3) is 10.8 Å². The molecule has 0 aliphatic heterocycles. The Morgan fingerprint density at radius 3 is 2.18 bits per heavy atom. The standard InChI is InChI=1S/C30H26N2O6S/c1-3-38-30(37)20-13-15-21(16-14-20)31-27(33)18(2)39-23-10-6-9-22(17-23)32-28(34)24-11-4-7-19-8-5-12-25(26(19)24)29(35)36/h4-18H,3H2,1-2H3,(H,31,33)(H,32,34)(H,35,36). The molecule has 39 heavy (non-hydrogen) atoms. The second-order valence-corrected chi connectivity index (χ2v) is 9.96. The van der Waals surface area contributed by atoms with E-state index < -0.39 is 23.1 Å². The van der Waals surface area contributed by atoms with Crippen molar-refractivity contribution in [2.24, 2.45) is 0 Å². The Balaban J connectivity index is 1.43. The van der Waals surface area contributed by atoms with Gasteiger partial charge in [0.05, 0.1) is 23.0 Å². The van der Waals surface area contributed by atoms with E-state index in [9.17, 15) is 24.3 Å². The van der Waals surface area contributed by atoms with E-state index in [0.717, 1.165) is 4.90 Å². The Hall–Kier alpha value is -4.63. The van der Waals surface area contributed by atoms with Gasteiger partial charge < -0.3 is 20.5 Å². The van der Waals surface area contributed by atoms with E-state index in [4.69, 9.17) is 4.74 Å². The normalized spacial score (nSPS) is 11.4. The molecule has 4 aromatic carbocycles. The maximum atomic E-state index is 13.1. The molecule has 2 amide bonds. The van der Waals surface area contributed by atoms with E-state index in [-0.39, 0.29) is 23.6 Å². The van der Waals surface area contributed by atoms with Gasteiger partial charge in [-0.2, -0.15) is 0 Å². The molecule has 0 aliphatic carbocycles. The van der Waals surface area contributed by atoms with Crippen LogP contribution in [0.2, 0.25) is 0 Å². The fourth-order valence-corrected chi connectivity index (χ4v) is 4.89. The largest absolute Gasteiger partial charge is 0.478 e. The number of ether oxygens (including phenoxy) is 1. The maximum Gasteiger partial charge on any atom is 0.338 e. The molecule has 4 rings (SSSR count). The molecule has 1 unspecified atom stereocenters. The monoisotopic (exact) mass is 542 g/mol. The average Bonchev–Trinajstić information content (AvgIpc) is 2.93. The van der Waals surface area contributed by atoms with Crippen LogP contribution in [0.1, 0.15) is 44.9 Å². The van der Waals surface area contributed by atoms with Gasteiger partial charge in [-0.05, 0) is 73.8 Å². The van der Waals surface area contributed by atoms with Gasteiger partial charge >= 0.3 is 11.9 Å². The van der Waals surface area contributed by atoms with Crippen LogP contribution >= 0.6 is 11.8 Å². The van der Waals surface area contributed by atoms with Gasteiger partial charge in [0.15, 0.2) is 0 Å². The van der Waals surface area contributed by atoms with Crippen LogP contribution in [-0.2, 0) is 9.53 Å². The zero-order valence-electron chi connectivity index (χ0n) is 21.3. The van der Waals surface area contributed by atoms with Crippen LogP contribution < -0.4 is 10.6 Å². The van der Waals surface area contributed by atoms with Gasteiger partial charge in [-0.3, -0.25) is 9.59 Å². The van der Waals surface area contributed by atoms with Crippen LogP contribution in [0.15, 0.2) is 89.8 Å². The lowest BCUT2D eigenvalue weighted by Gasteiger charge is -2.14. The van der Waals surface area contributed by atoms with Crippen LogP contribution in [0.5, 0.6) is 0 Å². The minimum atomic E-state index is -1.11. The SMILES string of the molecule is CCOC(=O)c1ccc(NC(=O)C(C)Sc2cccc(NC(=O)c3cccc4cccc(C(=O)O)c34)c2)cc1. The van der Waals surface area contributed by atoms with Crippen molar-refractivity contribution in [3.63, 3.8) is 0 Å². The Bertz CT molecular complexity index is 1550. The van der Waals surface area contributed by atoms with Crippen LogP contribution in [-0.4, -0.2) is 40.7 Å². The molecule has 0 spiro atoms. The van der Waals surface area contributed by atoms with Crippen LogP contribution in [0.4, 0.5) is 11.4 Å². The number of esters is 1. The third-order valence-electron chi connectivity index (χ3n) is 5.82. The van der Waals surface area contributed by atoms with Gasteiger partial charge in [0, 0.05) is 27.2 Å². The predicted molar refractivity (Wildman–Crippen MR) is 152 cm³/mol. The number of amides is 2. The van der Waals surface area contributed by atoms with Gasteiger partial charge in [0.25, 0.3) is 5.91 Å². The third kappa shape index (κ3) is 6.63. The quantitative estimate of drug-likeness (QED) is 0.173. The zero-order valence-corrected chi connectivity index (χ0v) is 22.1. The number of benzene rings is 4. The number of fused-ring (bicyclic) bond motifs is 1. The molecule has 4 aromatic rings. The van der Waals surface area contributed by atoms with Crippen molar-refractivity contribution in [1.82, 2.24) is 0 Å². The van der Waals surface area contributed by atoms with Crippen molar-refractivity contribution in [3.8, 4) is 0 Å². The zero-order chi connectivity index (χ0) is 27.9. The van der Waals surface area contributed by atoms with Crippen LogP contribution in [0.3, 0.4) is 0 Å². The number of carboxylic acid groups (broad SMARTS) is 1. The number of aromatic carboxylic acids is 1. The van der Waals surface area contributed by atoms with E-state index in [1.165, 1.54) is 17.8 Å². The van der Waals surface area contributed by atoms with Crippen molar-refractivity contribution in [2.75, 3.05) is 17.2 Å². The molecule has 0 aliphatic rings. The summed E-state index contributed by atoms with van der Waals surface area (Å²) >= 11 is 1.32. The Kier molecular flexibility index (Phi) is 8.63. The minimum Gasteiger partial charge on any atom is -0.478 e. The van der Waals surface area contributed by atoms with Gasteiger partial charge in [0.1, 0.15) is 0 Å². The molecule has 0 fully saturated rings. The lowest BCUT2D eigenvalue weighted by molar-refractivity contribution is -0.115. The number of hydrogen-bond donors (Lipinski definition) is 3. The summed E-state index contributed by atoms with van der Waals surface area (Å²) in [6.45, 7) is 3.78. The summed E-state index contributed by atoms with van der Waals surface area (Å²) in [5.41, 5.74) is 1.77. The summed E-state index contributed by atoms with van der Waals surface area (Å²) in [7, 11) is 0. The molecule has 0 heterocycles. The molecule has 9 heteroatoms. The molecule has 0 saturated heterocycles. The van der Waals surface area contributed by atoms with E-state index in [1.807, 2.05) is 6.07 Å². The van der Waals surface area contributed by atoms with Crippen molar-refractivity contribution in [1.29, 1.82) is 0 Å². The highest BCUT2D eigenvalue weighted by molar-refractivity contribution is 8.00. The lowest BCUT2D eigenvalue weighted by Crippen LogP contribution is -2.22. The smallest absolute Gasteiger partial charge is 0.338 e. The van der Waals surface area contributed by atoms with Crippen molar-refractivity contribution in [3.05, 3.63) is 102 Å². The highest BCUT2D eigenvalue weighted by Gasteiger charge is 2.18. The summed E-state index contributed by atoms with van der Waals surface area (Å²) in [4.78, 5) is 50.2. The first-order valence-electron chi connectivity index (χ1n) is 12.2. The van der Waals surface area contributed by atoms with E-state index in [0.29, 0.717) is 27.7 Å².